The monoisotopic (exact) mass is 264 g/mol. The van der Waals surface area contributed by atoms with E-state index in [-0.39, 0.29) is 25.5 Å². The summed E-state index contributed by atoms with van der Waals surface area (Å²) in [6.45, 7) is 1.69. The first kappa shape index (κ1) is 13.9. The van der Waals surface area contributed by atoms with Gasteiger partial charge in [0.1, 0.15) is 6.04 Å². The molecular formula is C9H16N2O5S. The van der Waals surface area contributed by atoms with Crippen LogP contribution in [0.15, 0.2) is 0 Å². The van der Waals surface area contributed by atoms with Gasteiger partial charge in [-0.3, -0.25) is 4.79 Å². The summed E-state index contributed by atoms with van der Waals surface area (Å²) >= 11 is 0. The van der Waals surface area contributed by atoms with Gasteiger partial charge < -0.3 is 9.64 Å². The summed E-state index contributed by atoms with van der Waals surface area (Å²) in [4.78, 5) is 24.2. The number of amides is 1. The van der Waals surface area contributed by atoms with E-state index in [2.05, 4.69) is 4.74 Å². The Bertz CT molecular complexity index is 419. The topological polar surface area (TPSA) is 84.0 Å². The highest BCUT2D eigenvalue weighted by Crippen LogP contribution is 2.14. The van der Waals surface area contributed by atoms with Crippen molar-refractivity contribution in [2.24, 2.45) is 0 Å². The van der Waals surface area contributed by atoms with Gasteiger partial charge in [-0.1, -0.05) is 0 Å². The molecule has 1 saturated heterocycles. The summed E-state index contributed by atoms with van der Waals surface area (Å²) in [5.41, 5.74) is 0. The van der Waals surface area contributed by atoms with Crippen molar-refractivity contribution in [2.45, 2.75) is 13.0 Å². The molecular weight excluding hydrogens is 248 g/mol. The fraction of sp³-hybridized carbons (Fsp3) is 0.778. The van der Waals surface area contributed by atoms with Crippen LogP contribution in [-0.4, -0.2) is 68.5 Å². The summed E-state index contributed by atoms with van der Waals surface area (Å²) in [5, 5.41) is 0. The van der Waals surface area contributed by atoms with Gasteiger partial charge in [0.25, 0.3) is 0 Å². The van der Waals surface area contributed by atoms with Gasteiger partial charge >= 0.3 is 5.97 Å². The second kappa shape index (κ2) is 5.01. The third-order valence-electron chi connectivity index (χ3n) is 2.69. The molecule has 17 heavy (non-hydrogen) atoms. The zero-order valence-corrected chi connectivity index (χ0v) is 10.9. The number of esters is 1. The van der Waals surface area contributed by atoms with E-state index in [1.165, 1.54) is 23.2 Å². The molecule has 1 aliphatic rings. The van der Waals surface area contributed by atoms with Gasteiger partial charge in [-0.05, 0) is 0 Å². The molecule has 0 bridgehead atoms. The lowest BCUT2D eigenvalue weighted by Crippen LogP contribution is -2.59. The first-order valence-corrected chi connectivity index (χ1v) is 6.92. The molecule has 1 amide bonds. The lowest BCUT2D eigenvalue weighted by atomic mass is 10.2. The van der Waals surface area contributed by atoms with Crippen molar-refractivity contribution in [1.29, 1.82) is 0 Å². The van der Waals surface area contributed by atoms with E-state index in [0.717, 1.165) is 6.26 Å². The Morgan fingerprint density at radius 1 is 1.29 bits per heavy atom. The standard InChI is InChI=1S/C9H16N2O5S/c1-7(12)11-5-4-10(17(3,14)15)6-8(11)9(13)16-2/h8H,4-6H2,1-3H3. The minimum absolute atomic E-state index is 0.0505. The molecule has 8 heteroatoms. The summed E-state index contributed by atoms with van der Waals surface area (Å²) in [5.74, 6) is -0.873. The van der Waals surface area contributed by atoms with Crippen molar-refractivity contribution in [2.75, 3.05) is 33.0 Å². The molecule has 1 fully saturated rings. The molecule has 0 aromatic rings. The number of hydrogen-bond donors (Lipinski definition) is 0. The van der Waals surface area contributed by atoms with Gasteiger partial charge in [0.05, 0.1) is 13.4 Å². The van der Waals surface area contributed by atoms with E-state index in [9.17, 15) is 18.0 Å². The zero-order chi connectivity index (χ0) is 13.2. The van der Waals surface area contributed by atoms with Gasteiger partial charge in [0, 0.05) is 26.6 Å². The second-order valence-corrected chi connectivity index (χ2v) is 5.85. The number of sulfonamides is 1. The lowest BCUT2D eigenvalue weighted by Gasteiger charge is -2.38. The van der Waals surface area contributed by atoms with E-state index in [0.29, 0.717) is 0 Å². The molecule has 1 atom stereocenters. The number of hydrogen-bond acceptors (Lipinski definition) is 5. The molecule has 0 N–H and O–H groups in total. The Labute approximate surface area is 100 Å². The summed E-state index contributed by atoms with van der Waals surface area (Å²) < 4.78 is 28.5. The third kappa shape index (κ3) is 3.16. The summed E-state index contributed by atoms with van der Waals surface area (Å²) in [6, 6.07) is -0.860. The predicted molar refractivity (Wildman–Crippen MR) is 59.6 cm³/mol. The van der Waals surface area contributed by atoms with Gasteiger partial charge in [0.15, 0.2) is 0 Å². The number of carbonyl (C=O) groups excluding carboxylic acids is 2. The third-order valence-corrected chi connectivity index (χ3v) is 3.96. The number of ether oxygens (including phenoxy) is 1. The molecule has 0 aliphatic carbocycles. The summed E-state index contributed by atoms with van der Waals surface area (Å²) in [6.07, 6.45) is 1.07. The molecule has 0 aromatic heterocycles. The maximum absolute atomic E-state index is 11.5. The number of rotatable bonds is 2. The van der Waals surface area contributed by atoms with Crippen LogP contribution in [0.5, 0.6) is 0 Å². The summed E-state index contributed by atoms with van der Waals surface area (Å²) in [7, 11) is -2.15. The molecule has 98 valence electrons. The van der Waals surface area contributed by atoms with Gasteiger partial charge in [0.2, 0.25) is 15.9 Å². The van der Waals surface area contributed by atoms with Gasteiger partial charge in [-0.25, -0.2) is 13.2 Å². The van der Waals surface area contributed by atoms with Crippen LogP contribution in [0.3, 0.4) is 0 Å². The van der Waals surface area contributed by atoms with E-state index < -0.39 is 22.0 Å². The molecule has 1 aliphatic heterocycles. The van der Waals surface area contributed by atoms with Crippen LogP contribution in [0.1, 0.15) is 6.92 Å². The fourth-order valence-electron chi connectivity index (χ4n) is 1.77. The number of carbonyl (C=O) groups is 2. The van der Waals surface area contributed by atoms with Crippen LogP contribution in [0.2, 0.25) is 0 Å². The Morgan fingerprint density at radius 2 is 1.88 bits per heavy atom. The molecule has 0 radical (unpaired) electrons. The van der Waals surface area contributed by atoms with Crippen LogP contribution in [-0.2, 0) is 24.3 Å². The molecule has 0 saturated carbocycles. The fourth-order valence-corrected chi connectivity index (χ4v) is 2.60. The largest absolute Gasteiger partial charge is 0.467 e. The maximum atomic E-state index is 11.5. The van der Waals surface area contributed by atoms with Gasteiger partial charge in [-0.15, -0.1) is 0 Å². The molecule has 1 rings (SSSR count). The highest BCUT2D eigenvalue weighted by molar-refractivity contribution is 7.88. The maximum Gasteiger partial charge on any atom is 0.329 e. The second-order valence-electron chi connectivity index (χ2n) is 3.87. The number of methoxy groups -OCH3 is 1. The Balaban J connectivity index is 2.92. The zero-order valence-electron chi connectivity index (χ0n) is 10.0. The Kier molecular flexibility index (Phi) is 4.10. The smallest absolute Gasteiger partial charge is 0.329 e. The van der Waals surface area contributed by atoms with Crippen LogP contribution in [0, 0.1) is 0 Å². The van der Waals surface area contributed by atoms with E-state index in [1.807, 2.05) is 0 Å². The van der Waals surface area contributed by atoms with Crippen molar-refractivity contribution in [1.82, 2.24) is 9.21 Å². The molecule has 0 aromatic carbocycles. The van der Waals surface area contributed by atoms with Crippen molar-refractivity contribution >= 4 is 21.9 Å². The van der Waals surface area contributed by atoms with Crippen molar-refractivity contribution in [3.8, 4) is 0 Å². The normalized spacial score (nSPS) is 22.3. The average Bonchev–Trinajstić information content (AvgIpc) is 2.25. The van der Waals surface area contributed by atoms with E-state index in [4.69, 9.17) is 0 Å². The van der Waals surface area contributed by atoms with Crippen molar-refractivity contribution < 1.29 is 22.7 Å². The highest BCUT2D eigenvalue weighted by Gasteiger charge is 2.37. The quantitative estimate of drug-likeness (QED) is 0.576. The average molecular weight is 264 g/mol. The molecule has 1 unspecified atom stereocenters. The first-order chi connectivity index (χ1) is 7.77. The van der Waals surface area contributed by atoms with Crippen LogP contribution in [0.4, 0.5) is 0 Å². The molecule has 1 heterocycles. The van der Waals surface area contributed by atoms with Crippen LogP contribution in [0.25, 0.3) is 0 Å². The highest BCUT2D eigenvalue weighted by atomic mass is 32.2. The van der Waals surface area contributed by atoms with E-state index in [1.54, 1.807) is 0 Å². The number of nitrogens with zero attached hydrogens (tertiary/aromatic N) is 2. The number of piperazine rings is 1. The minimum Gasteiger partial charge on any atom is -0.467 e. The minimum atomic E-state index is -3.36. The SMILES string of the molecule is COC(=O)C1CN(S(C)(=O)=O)CCN1C(C)=O. The van der Waals surface area contributed by atoms with Crippen molar-refractivity contribution in [3.05, 3.63) is 0 Å². The Hall–Kier alpha value is -1.15. The van der Waals surface area contributed by atoms with Crippen LogP contribution < -0.4 is 0 Å². The first-order valence-electron chi connectivity index (χ1n) is 5.07. The predicted octanol–water partition coefficient (Wildman–Crippen LogP) is -1.35. The van der Waals surface area contributed by atoms with Gasteiger partial charge in [-0.2, -0.15) is 4.31 Å². The van der Waals surface area contributed by atoms with Crippen LogP contribution >= 0.6 is 0 Å². The molecule has 0 spiro atoms. The lowest BCUT2D eigenvalue weighted by molar-refractivity contribution is -0.154. The Morgan fingerprint density at radius 3 is 2.29 bits per heavy atom. The van der Waals surface area contributed by atoms with E-state index >= 15 is 0 Å². The van der Waals surface area contributed by atoms with Crippen molar-refractivity contribution in [3.63, 3.8) is 0 Å². The molecule has 7 nitrogen and oxygen atoms in total.